The molecule has 8 nitrogen and oxygen atoms in total. The fourth-order valence-corrected chi connectivity index (χ4v) is 3.42. The molecule has 1 aliphatic heterocycles. The van der Waals surface area contributed by atoms with Crippen molar-refractivity contribution in [3.63, 3.8) is 0 Å². The molecule has 152 valence electrons. The smallest absolute Gasteiger partial charge is 0.293 e. The van der Waals surface area contributed by atoms with Crippen LogP contribution in [0.4, 0.5) is 11.4 Å². The van der Waals surface area contributed by atoms with Gasteiger partial charge in [0, 0.05) is 24.2 Å². The Balaban J connectivity index is 1.79. The maximum absolute atomic E-state index is 12.6. The van der Waals surface area contributed by atoms with Gasteiger partial charge in [-0.3, -0.25) is 19.7 Å². The third kappa shape index (κ3) is 4.78. The second-order valence-electron chi connectivity index (χ2n) is 7.35. The van der Waals surface area contributed by atoms with Gasteiger partial charge in [0.15, 0.2) is 5.78 Å². The molecule has 0 radical (unpaired) electrons. The lowest BCUT2D eigenvalue weighted by atomic mass is 10.0. The van der Waals surface area contributed by atoms with Crippen LogP contribution in [0.2, 0.25) is 0 Å². The lowest BCUT2D eigenvalue weighted by molar-refractivity contribution is -0.883. The van der Waals surface area contributed by atoms with E-state index in [-0.39, 0.29) is 29.5 Å². The number of ketones is 1. The van der Waals surface area contributed by atoms with Crippen LogP contribution in [0, 0.1) is 10.1 Å². The van der Waals surface area contributed by atoms with Crippen molar-refractivity contribution in [3.05, 3.63) is 69.8 Å². The fourth-order valence-electron chi connectivity index (χ4n) is 3.42. The van der Waals surface area contributed by atoms with Crippen LogP contribution in [0.1, 0.15) is 15.9 Å². The molecule has 3 rings (SSSR count). The Morgan fingerprint density at radius 3 is 2.38 bits per heavy atom. The van der Waals surface area contributed by atoms with E-state index in [9.17, 15) is 19.7 Å². The molecule has 1 saturated heterocycles. The van der Waals surface area contributed by atoms with Crippen molar-refractivity contribution in [2.45, 2.75) is 0 Å². The lowest BCUT2D eigenvalue weighted by Crippen LogP contribution is -3.12. The zero-order valence-electron chi connectivity index (χ0n) is 16.6. The zero-order chi connectivity index (χ0) is 21.0. The van der Waals surface area contributed by atoms with Crippen LogP contribution in [0.15, 0.2) is 48.5 Å². The van der Waals surface area contributed by atoms with Crippen molar-refractivity contribution >= 4 is 23.1 Å². The Morgan fingerprint density at radius 1 is 1.10 bits per heavy atom. The molecule has 0 unspecified atom stereocenters. The van der Waals surface area contributed by atoms with E-state index in [1.165, 1.54) is 17.0 Å². The summed E-state index contributed by atoms with van der Waals surface area (Å²) in [6.45, 7) is 3.21. The van der Waals surface area contributed by atoms with Gasteiger partial charge in [-0.1, -0.05) is 30.3 Å². The summed E-state index contributed by atoms with van der Waals surface area (Å²) < 4.78 is 0. The van der Waals surface area contributed by atoms with E-state index in [1.807, 2.05) is 0 Å². The summed E-state index contributed by atoms with van der Waals surface area (Å²) in [5.41, 5.74) is 0.835. The van der Waals surface area contributed by atoms with Crippen molar-refractivity contribution < 1.29 is 19.4 Å². The van der Waals surface area contributed by atoms with Gasteiger partial charge in [-0.25, -0.2) is 0 Å². The summed E-state index contributed by atoms with van der Waals surface area (Å²) in [6.07, 6.45) is 0. The van der Waals surface area contributed by atoms with E-state index >= 15 is 0 Å². The molecule has 0 saturated carbocycles. The number of carbonyl (C=O) groups is 2. The van der Waals surface area contributed by atoms with E-state index in [2.05, 4.69) is 7.05 Å². The van der Waals surface area contributed by atoms with E-state index in [0.29, 0.717) is 24.3 Å². The normalized spacial score (nSPS) is 14.5. The lowest BCUT2D eigenvalue weighted by Gasteiger charge is -2.31. The Hall–Kier alpha value is -3.26. The number of rotatable bonds is 6. The predicted molar refractivity (Wildman–Crippen MR) is 109 cm³/mol. The number of nitro benzene ring substituents is 1. The Kier molecular flexibility index (Phi) is 6.23. The minimum atomic E-state index is -0.517. The maximum Gasteiger partial charge on any atom is 0.293 e. The second-order valence-corrected chi connectivity index (χ2v) is 7.35. The van der Waals surface area contributed by atoms with Crippen molar-refractivity contribution in [2.75, 3.05) is 51.7 Å². The summed E-state index contributed by atoms with van der Waals surface area (Å²) in [4.78, 5) is 41.1. The molecular formula is C21H25N4O4+. The summed E-state index contributed by atoms with van der Waals surface area (Å²) in [5, 5.41) is 11.6. The van der Waals surface area contributed by atoms with E-state index < -0.39 is 4.92 Å². The highest BCUT2D eigenvalue weighted by molar-refractivity contribution is 6.09. The summed E-state index contributed by atoms with van der Waals surface area (Å²) >= 11 is 0. The average molecular weight is 397 g/mol. The second kappa shape index (κ2) is 8.83. The number of likely N-dealkylation sites (N-methyl/N-ethyl adjacent to an activating group) is 2. The van der Waals surface area contributed by atoms with E-state index in [1.54, 1.807) is 53.2 Å². The number of nitrogens with one attached hydrogen (secondary N) is 1. The first-order valence-electron chi connectivity index (χ1n) is 9.55. The van der Waals surface area contributed by atoms with Crippen molar-refractivity contribution in [2.24, 2.45) is 0 Å². The molecular weight excluding hydrogens is 372 g/mol. The third-order valence-corrected chi connectivity index (χ3v) is 5.22. The zero-order valence-corrected chi connectivity index (χ0v) is 16.6. The SMILES string of the molecule is CN(CC(=O)N1CC[NH+](C)CC1)c1ccc(C(=O)c2ccccc2)cc1[N+](=O)[O-]. The van der Waals surface area contributed by atoms with Gasteiger partial charge in [0.25, 0.3) is 5.69 Å². The first-order valence-corrected chi connectivity index (χ1v) is 9.55. The maximum atomic E-state index is 12.6. The number of nitro groups is 1. The van der Waals surface area contributed by atoms with Gasteiger partial charge in [-0.15, -0.1) is 0 Å². The molecule has 0 spiro atoms. The highest BCUT2D eigenvalue weighted by atomic mass is 16.6. The van der Waals surface area contributed by atoms with Crippen LogP contribution in [0.25, 0.3) is 0 Å². The number of hydrogen-bond donors (Lipinski definition) is 1. The van der Waals surface area contributed by atoms with Crippen molar-refractivity contribution in [1.29, 1.82) is 0 Å². The Labute approximate surface area is 169 Å². The largest absolute Gasteiger partial charge is 0.360 e. The highest BCUT2D eigenvalue weighted by Gasteiger charge is 2.25. The molecule has 8 heteroatoms. The third-order valence-electron chi connectivity index (χ3n) is 5.22. The molecule has 2 aromatic carbocycles. The topological polar surface area (TPSA) is 88.2 Å². The molecule has 1 fully saturated rings. The van der Waals surface area contributed by atoms with Gasteiger partial charge >= 0.3 is 0 Å². The number of nitrogens with zero attached hydrogens (tertiary/aromatic N) is 3. The van der Waals surface area contributed by atoms with Crippen molar-refractivity contribution in [1.82, 2.24) is 4.90 Å². The number of benzene rings is 2. The minimum Gasteiger partial charge on any atom is -0.360 e. The first kappa shape index (κ1) is 20.5. The van der Waals surface area contributed by atoms with E-state index in [4.69, 9.17) is 0 Å². The van der Waals surface area contributed by atoms with Crippen molar-refractivity contribution in [3.8, 4) is 0 Å². The highest BCUT2D eigenvalue weighted by Crippen LogP contribution is 2.29. The summed E-state index contributed by atoms with van der Waals surface area (Å²) in [5.74, 6) is -0.336. The molecule has 1 N–H and O–H groups in total. The number of amides is 1. The molecule has 29 heavy (non-hydrogen) atoms. The molecule has 1 heterocycles. The molecule has 2 aromatic rings. The first-order chi connectivity index (χ1) is 13.9. The quantitative estimate of drug-likeness (QED) is 0.439. The number of piperazine rings is 1. The fraction of sp³-hybridized carbons (Fsp3) is 0.333. The van der Waals surface area contributed by atoms with E-state index in [0.717, 1.165) is 13.1 Å². The number of anilines is 1. The predicted octanol–water partition coefficient (Wildman–Crippen LogP) is 0.619. The molecule has 1 amide bonds. The van der Waals surface area contributed by atoms with Crippen LogP contribution < -0.4 is 9.80 Å². The van der Waals surface area contributed by atoms with Gasteiger partial charge < -0.3 is 14.7 Å². The minimum absolute atomic E-state index is 0.0475. The molecule has 1 aliphatic rings. The van der Waals surface area contributed by atoms with Crippen LogP contribution in [0.3, 0.4) is 0 Å². The van der Waals surface area contributed by atoms with Gasteiger partial charge in [0.2, 0.25) is 5.91 Å². The van der Waals surface area contributed by atoms with Crippen LogP contribution in [-0.2, 0) is 4.79 Å². The van der Waals surface area contributed by atoms with Gasteiger partial charge in [-0.05, 0) is 12.1 Å². The standard InChI is InChI=1S/C21H24N4O4/c1-22-10-12-24(13-11-22)20(26)15-23(2)18-9-8-17(14-19(18)25(28)29)21(27)16-6-4-3-5-7-16/h3-9,14H,10-13,15H2,1-2H3/p+1. The van der Waals surface area contributed by atoms with Gasteiger partial charge in [-0.2, -0.15) is 0 Å². The van der Waals surface area contributed by atoms with Crippen LogP contribution in [0.5, 0.6) is 0 Å². The van der Waals surface area contributed by atoms with Gasteiger partial charge in [0.05, 0.1) is 44.7 Å². The molecule has 0 atom stereocenters. The molecule has 0 bridgehead atoms. The molecule has 0 aromatic heterocycles. The Bertz CT molecular complexity index is 908. The number of quaternary nitrogens is 1. The summed E-state index contributed by atoms with van der Waals surface area (Å²) in [6, 6.07) is 13.0. The molecule has 0 aliphatic carbocycles. The van der Waals surface area contributed by atoms with Crippen LogP contribution in [-0.4, -0.2) is 68.3 Å². The Morgan fingerprint density at radius 2 is 1.76 bits per heavy atom. The average Bonchev–Trinajstić information content (AvgIpc) is 2.73. The number of hydrogen-bond acceptors (Lipinski definition) is 5. The van der Waals surface area contributed by atoms with Gasteiger partial charge in [0.1, 0.15) is 5.69 Å². The monoisotopic (exact) mass is 397 g/mol. The summed E-state index contributed by atoms with van der Waals surface area (Å²) in [7, 11) is 3.75. The van der Waals surface area contributed by atoms with Crippen LogP contribution >= 0.6 is 0 Å². The number of carbonyl (C=O) groups excluding carboxylic acids is 2.